The van der Waals surface area contributed by atoms with Crippen LogP contribution in [0.15, 0.2) is 40.7 Å². The number of rotatable bonds is 6. The highest BCUT2D eigenvalue weighted by molar-refractivity contribution is 7.98. The molecule has 3 rings (SSSR count). The molecule has 0 aliphatic rings. The second-order valence-electron chi connectivity index (χ2n) is 5.44. The van der Waals surface area contributed by atoms with Crippen molar-refractivity contribution in [2.75, 3.05) is 13.4 Å². The summed E-state index contributed by atoms with van der Waals surface area (Å²) in [7, 11) is 1.64. The van der Waals surface area contributed by atoms with Crippen LogP contribution >= 0.6 is 23.1 Å². The van der Waals surface area contributed by atoms with E-state index in [1.807, 2.05) is 30.0 Å². The summed E-state index contributed by atoms with van der Waals surface area (Å²) in [6.45, 7) is 2.30. The molecule has 0 fully saturated rings. The zero-order valence-electron chi connectivity index (χ0n) is 14.7. The Morgan fingerprint density at radius 3 is 2.85 bits per heavy atom. The molecule has 0 unspecified atom stereocenters. The molecule has 0 saturated carbocycles. The van der Waals surface area contributed by atoms with Crippen LogP contribution in [-0.4, -0.2) is 38.0 Å². The number of hydrogen-bond donors (Lipinski definition) is 1. The van der Waals surface area contributed by atoms with Crippen LogP contribution in [0.4, 0.5) is 5.82 Å². The molecule has 3 aromatic heterocycles. The van der Waals surface area contributed by atoms with Crippen LogP contribution in [0.3, 0.4) is 0 Å². The van der Waals surface area contributed by atoms with Gasteiger partial charge in [0.05, 0.1) is 17.2 Å². The fourth-order valence-electron chi connectivity index (χ4n) is 2.25. The summed E-state index contributed by atoms with van der Waals surface area (Å²) in [6.07, 6.45) is 5.55. The summed E-state index contributed by atoms with van der Waals surface area (Å²) in [5.74, 6) is 0.573. The predicted octanol–water partition coefficient (Wildman–Crippen LogP) is 2.76. The molecule has 0 atom stereocenters. The lowest BCUT2D eigenvalue weighted by molar-refractivity contribution is 0.129. The Labute approximate surface area is 159 Å². The lowest BCUT2D eigenvalue weighted by Gasteiger charge is -2.02. The maximum absolute atomic E-state index is 9.12. The Hall–Kier alpha value is -2.07. The number of aliphatic hydroxyl groups is 1. The van der Waals surface area contributed by atoms with Gasteiger partial charge in [-0.1, -0.05) is 29.2 Å². The van der Waals surface area contributed by atoms with Gasteiger partial charge in [-0.3, -0.25) is 4.57 Å². The van der Waals surface area contributed by atoms with Crippen molar-refractivity contribution >= 4 is 28.9 Å². The molecule has 9 heteroatoms. The average Bonchev–Trinajstić information content (AvgIpc) is 3.05. The highest BCUT2D eigenvalue weighted by Gasteiger charge is 2.10. The van der Waals surface area contributed by atoms with Crippen LogP contribution < -0.4 is 4.80 Å². The van der Waals surface area contributed by atoms with Crippen LogP contribution in [0, 0.1) is 6.92 Å². The Morgan fingerprint density at radius 2 is 2.19 bits per heavy atom. The summed E-state index contributed by atoms with van der Waals surface area (Å²) in [6, 6.07) is 5.54. The number of methoxy groups -OCH3 is 1. The van der Waals surface area contributed by atoms with E-state index in [9.17, 15) is 0 Å². The van der Waals surface area contributed by atoms with Gasteiger partial charge >= 0.3 is 0 Å². The molecule has 1 N–H and O–H groups in total. The monoisotopic (exact) mass is 389 g/mol. The molecule has 26 heavy (non-hydrogen) atoms. The number of thioether (sulfide) groups is 1. The topological polar surface area (TPSA) is 85.4 Å². The molecule has 136 valence electrons. The normalized spacial score (nSPS) is 11.9. The first-order valence-corrected chi connectivity index (χ1v) is 9.87. The minimum atomic E-state index is -0.0368. The quantitative estimate of drug-likeness (QED) is 0.515. The molecule has 0 aliphatic carbocycles. The van der Waals surface area contributed by atoms with E-state index >= 15 is 0 Å². The largest absolute Gasteiger partial charge is 0.392 e. The van der Waals surface area contributed by atoms with Crippen molar-refractivity contribution in [3.8, 4) is 10.6 Å². The summed E-state index contributed by atoms with van der Waals surface area (Å²) in [4.78, 5) is 19.6. The van der Waals surface area contributed by atoms with Crippen LogP contribution in [0.5, 0.6) is 0 Å². The van der Waals surface area contributed by atoms with E-state index in [0.29, 0.717) is 12.5 Å². The smallest absolute Gasteiger partial charge is 0.193 e. The minimum absolute atomic E-state index is 0.0368. The van der Waals surface area contributed by atoms with Crippen molar-refractivity contribution in [1.82, 2.24) is 19.5 Å². The van der Waals surface area contributed by atoms with Gasteiger partial charge in [0.15, 0.2) is 15.8 Å². The van der Waals surface area contributed by atoms with Gasteiger partial charge in [-0.2, -0.15) is 0 Å². The van der Waals surface area contributed by atoms with E-state index in [0.717, 1.165) is 31.8 Å². The molecule has 3 heterocycles. The molecule has 0 spiro atoms. The first-order valence-electron chi connectivity index (χ1n) is 7.82. The third-order valence-corrected chi connectivity index (χ3v) is 5.05. The third kappa shape index (κ3) is 4.36. The van der Waals surface area contributed by atoms with E-state index in [1.54, 1.807) is 25.4 Å². The number of thiazole rings is 1. The molecule has 3 aromatic rings. The zero-order chi connectivity index (χ0) is 18.5. The Morgan fingerprint density at radius 1 is 1.35 bits per heavy atom. The summed E-state index contributed by atoms with van der Waals surface area (Å²) in [5.41, 5.74) is 2.54. The van der Waals surface area contributed by atoms with E-state index in [-0.39, 0.29) is 6.61 Å². The zero-order valence-corrected chi connectivity index (χ0v) is 16.3. The summed E-state index contributed by atoms with van der Waals surface area (Å²) >= 11 is 3.03. The number of hydrogen-bond acceptors (Lipinski definition) is 8. The lowest BCUT2D eigenvalue weighted by Crippen LogP contribution is -2.14. The maximum atomic E-state index is 9.12. The van der Waals surface area contributed by atoms with Crippen molar-refractivity contribution in [1.29, 1.82) is 0 Å². The molecule has 0 amide bonds. The van der Waals surface area contributed by atoms with Gasteiger partial charge < -0.3 is 9.84 Å². The standard InChI is InChI=1S/C17H19N5O2S2/c1-11-6-13(20-16(19-11)25-3)14-8-22(10-24-2)17(26-14)21-15-5-4-12(9-23)7-18-15/h4-8,23H,9-10H2,1-3H3/b21-17-. The number of aromatic nitrogens is 4. The second-order valence-corrected chi connectivity index (χ2v) is 7.22. The van der Waals surface area contributed by atoms with Gasteiger partial charge in [0.25, 0.3) is 0 Å². The van der Waals surface area contributed by atoms with Gasteiger partial charge in [0.1, 0.15) is 6.73 Å². The Balaban J connectivity index is 2.05. The van der Waals surface area contributed by atoms with Crippen LogP contribution in [0.1, 0.15) is 11.3 Å². The fourth-order valence-corrected chi connectivity index (χ4v) is 3.62. The van der Waals surface area contributed by atoms with Gasteiger partial charge in [-0.25, -0.2) is 19.9 Å². The highest BCUT2D eigenvalue weighted by Crippen LogP contribution is 2.23. The maximum Gasteiger partial charge on any atom is 0.193 e. The van der Waals surface area contributed by atoms with Crippen molar-refractivity contribution in [2.24, 2.45) is 4.99 Å². The first-order chi connectivity index (χ1) is 12.6. The molecule has 0 saturated heterocycles. The van der Waals surface area contributed by atoms with E-state index in [4.69, 9.17) is 9.84 Å². The molecular formula is C17H19N5O2S2. The van der Waals surface area contributed by atoms with Crippen LogP contribution in [0.25, 0.3) is 10.6 Å². The van der Waals surface area contributed by atoms with Crippen molar-refractivity contribution < 1.29 is 9.84 Å². The number of ether oxygens (including phenoxy) is 1. The van der Waals surface area contributed by atoms with Gasteiger partial charge in [-0.15, -0.1) is 0 Å². The molecular weight excluding hydrogens is 370 g/mol. The van der Waals surface area contributed by atoms with Crippen molar-refractivity contribution in [2.45, 2.75) is 25.4 Å². The second kappa shape index (κ2) is 8.54. The molecule has 7 nitrogen and oxygen atoms in total. The van der Waals surface area contributed by atoms with Crippen molar-refractivity contribution in [3.63, 3.8) is 0 Å². The number of pyridine rings is 1. The van der Waals surface area contributed by atoms with E-state index in [1.165, 1.54) is 23.1 Å². The summed E-state index contributed by atoms with van der Waals surface area (Å²) < 4.78 is 7.19. The Kier molecular flexibility index (Phi) is 6.15. The average molecular weight is 390 g/mol. The predicted molar refractivity (Wildman–Crippen MR) is 102 cm³/mol. The van der Waals surface area contributed by atoms with Crippen LogP contribution in [-0.2, 0) is 18.1 Å². The number of nitrogens with zero attached hydrogens (tertiary/aromatic N) is 5. The highest BCUT2D eigenvalue weighted by atomic mass is 32.2. The molecule has 0 aliphatic heterocycles. The molecule has 0 aromatic carbocycles. The molecule has 0 bridgehead atoms. The fraction of sp³-hybridized carbons (Fsp3) is 0.294. The lowest BCUT2D eigenvalue weighted by atomic mass is 10.3. The number of aliphatic hydroxyl groups excluding tert-OH is 1. The molecule has 0 radical (unpaired) electrons. The van der Waals surface area contributed by atoms with Gasteiger partial charge in [0.2, 0.25) is 0 Å². The summed E-state index contributed by atoms with van der Waals surface area (Å²) in [5, 5.41) is 9.87. The van der Waals surface area contributed by atoms with Gasteiger partial charge in [-0.05, 0) is 30.9 Å². The van der Waals surface area contributed by atoms with Crippen LogP contribution in [0.2, 0.25) is 0 Å². The third-order valence-electron chi connectivity index (χ3n) is 3.46. The number of aryl methyl sites for hydroxylation is 1. The Bertz CT molecular complexity index is 951. The van der Waals surface area contributed by atoms with Crippen molar-refractivity contribution in [3.05, 3.63) is 46.7 Å². The van der Waals surface area contributed by atoms with E-state index < -0.39 is 0 Å². The minimum Gasteiger partial charge on any atom is -0.392 e. The van der Waals surface area contributed by atoms with E-state index in [2.05, 4.69) is 19.9 Å². The van der Waals surface area contributed by atoms with Gasteiger partial charge in [0, 0.05) is 25.2 Å². The first kappa shape index (κ1) is 18.7. The SMILES string of the molecule is COCn1cc(-c2cc(C)nc(SC)n2)s/c1=N\c1ccc(CO)cn1.